The third kappa shape index (κ3) is 1.43. The maximum Gasteiger partial charge on any atom is 0.491 e. The molecule has 0 fully saturated rings. The van der Waals surface area contributed by atoms with Gasteiger partial charge in [0.1, 0.15) is 11.9 Å². The van der Waals surface area contributed by atoms with Crippen LogP contribution in [0.2, 0.25) is 0 Å². The van der Waals surface area contributed by atoms with Crippen LogP contribution in [0.25, 0.3) is 0 Å². The van der Waals surface area contributed by atoms with Crippen LogP contribution in [0.5, 0.6) is 0 Å². The summed E-state index contributed by atoms with van der Waals surface area (Å²) in [5.41, 5.74) is 0.215. The van der Waals surface area contributed by atoms with E-state index in [1.54, 1.807) is 0 Å². The molecule has 0 heterocycles. The summed E-state index contributed by atoms with van der Waals surface area (Å²) in [4.78, 5) is 0. The molecule has 1 aliphatic rings. The summed E-state index contributed by atoms with van der Waals surface area (Å²) in [5.74, 6) is -0.461. The summed E-state index contributed by atoms with van der Waals surface area (Å²) in [6.07, 6.45) is 1.49. The van der Waals surface area contributed by atoms with Crippen LogP contribution in [0, 0.1) is 0 Å². The molecule has 0 radical (unpaired) electrons. The molecular weight excluding hydrogens is 159 g/mol. The lowest BCUT2D eigenvalue weighted by Gasteiger charge is -2.17. The number of aliphatic hydroxyl groups excluding tert-OH is 2. The zero-order chi connectivity index (χ0) is 9.30. The van der Waals surface area contributed by atoms with E-state index >= 15 is 0 Å². The predicted molar refractivity (Wildman–Crippen MR) is 44.1 cm³/mol. The fraction of sp³-hybridized carbons (Fsp3) is 0.143. The second-order valence-corrected chi connectivity index (χ2v) is 2.53. The van der Waals surface area contributed by atoms with Crippen LogP contribution in [-0.2, 0) is 0 Å². The highest BCUT2D eigenvalue weighted by Crippen LogP contribution is 2.20. The van der Waals surface area contributed by atoms with E-state index in [9.17, 15) is 10.2 Å². The van der Waals surface area contributed by atoms with Crippen LogP contribution in [0.1, 0.15) is 0 Å². The molecule has 0 saturated heterocycles. The standard InChI is InChI=1S/C7H9BO4/c1-4-2-3-5(8(11)12)7(10)6(4)9/h2-3,6,9-12H,1H2. The summed E-state index contributed by atoms with van der Waals surface area (Å²) in [6.45, 7) is 3.45. The molecule has 1 aliphatic carbocycles. The third-order valence-electron chi connectivity index (χ3n) is 1.66. The van der Waals surface area contributed by atoms with E-state index in [0.29, 0.717) is 5.57 Å². The quantitative estimate of drug-likeness (QED) is 0.390. The lowest BCUT2D eigenvalue weighted by Crippen LogP contribution is -2.24. The zero-order valence-electron chi connectivity index (χ0n) is 6.31. The molecule has 4 nitrogen and oxygen atoms in total. The number of allylic oxidation sites excluding steroid dienone is 2. The third-order valence-corrected chi connectivity index (χ3v) is 1.66. The van der Waals surface area contributed by atoms with Crippen molar-refractivity contribution in [1.29, 1.82) is 0 Å². The summed E-state index contributed by atoms with van der Waals surface area (Å²) in [5, 5.41) is 35.8. The van der Waals surface area contributed by atoms with Gasteiger partial charge >= 0.3 is 7.12 Å². The summed E-state index contributed by atoms with van der Waals surface area (Å²) in [6, 6.07) is 0. The van der Waals surface area contributed by atoms with Gasteiger partial charge in [-0.25, -0.2) is 0 Å². The van der Waals surface area contributed by atoms with Crippen molar-refractivity contribution in [1.82, 2.24) is 0 Å². The van der Waals surface area contributed by atoms with E-state index in [1.807, 2.05) is 0 Å². The van der Waals surface area contributed by atoms with E-state index in [4.69, 9.17) is 10.0 Å². The molecule has 64 valence electrons. The molecule has 1 rings (SSSR count). The van der Waals surface area contributed by atoms with Gasteiger partial charge in [0.05, 0.1) is 0 Å². The molecule has 4 N–H and O–H groups in total. The van der Waals surface area contributed by atoms with Gasteiger partial charge in [-0.2, -0.15) is 0 Å². The highest BCUT2D eigenvalue weighted by molar-refractivity contribution is 6.52. The molecule has 1 atom stereocenters. The Balaban J connectivity index is 3.02. The lowest BCUT2D eigenvalue weighted by atomic mass is 9.75. The smallest absolute Gasteiger partial charge is 0.491 e. The van der Waals surface area contributed by atoms with E-state index in [1.165, 1.54) is 12.2 Å². The lowest BCUT2D eigenvalue weighted by molar-refractivity contribution is 0.183. The van der Waals surface area contributed by atoms with Gasteiger partial charge < -0.3 is 20.3 Å². The van der Waals surface area contributed by atoms with Crippen LogP contribution >= 0.6 is 0 Å². The minimum Gasteiger partial charge on any atom is -0.510 e. The van der Waals surface area contributed by atoms with Crippen LogP contribution in [0.4, 0.5) is 0 Å². The first-order chi connectivity index (χ1) is 5.54. The average Bonchev–Trinajstić information content (AvgIpc) is 2.00. The Hall–Kier alpha value is -1.04. The van der Waals surface area contributed by atoms with Gasteiger partial charge in [0.2, 0.25) is 0 Å². The SMILES string of the molecule is C=C1C=CC(B(O)O)=C(O)C1O. The van der Waals surface area contributed by atoms with Crippen molar-refractivity contribution in [3.8, 4) is 0 Å². The van der Waals surface area contributed by atoms with Gasteiger partial charge in [-0.3, -0.25) is 0 Å². The minimum absolute atomic E-state index is 0.102. The first-order valence-corrected chi connectivity index (χ1v) is 3.38. The van der Waals surface area contributed by atoms with Crippen molar-refractivity contribution in [2.45, 2.75) is 6.10 Å². The van der Waals surface area contributed by atoms with Gasteiger partial charge in [-0.1, -0.05) is 18.7 Å². The first-order valence-electron chi connectivity index (χ1n) is 3.38. The molecule has 12 heavy (non-hydrogen) atoms. The minimum atomic E-state index is -1.77. The Morgan fingerprint density at radius 3 is 2.42 bits per heavy atom. The first kappa shape index (κ1) is 9.06. The van der Waals surface area contributed by atoms with Crippen LogP contribution in [0.15, 0.2) is 35.5 Å². The maximum absolute atomic E-state index is 9.18. The Morgan fingerprint density at radius 1 is 1.33 bits per heavy atom. The van der Waals surface area contributed by atoms with Crippen molar-refractivity contribution >= 4 is 7.12 Å². The van der Waals surface area contributed by atoms with E-state index in [-0.39, 0.29) is 5.47 Å². The Kier molecular flexibility index (Phi) is 2.37. The molecule has 0 aromatic rings. The molecule has 0 saturated carbocycles. The number of aliphatic hydroxyl groups is 2. The normalized spacial score (nSPS) is 23.2. The van der Waals surface area contributed by atoms with Crippen LogP contribution in [0.3, 0.4) is 0 Å². The second-order valence-electron chi connectivity index (χ2n) is 2.53. The van der Waals surface area contributed by atoms with Crippen molar-refractivity contribution in [3.05, 3.63) is 35.5 Å². The van der Waals surface area contributed by atoms with E-state index in [0.717, 1.165) is 0 Å². The second kappa shape index (κ2) is 3.14. The zero-order valence-corrected chi connectivity index (χ0v) is 6.31. The van der Waals surface area contributed by atoms with Crippen molar-refractivity contribution < 1.29 is 20.3 Å². The van der Waals surface area contributed by atoms with Gasteiger partial charge in [0.25, 0.3) is 0 Å². The van der Waals surface area contributed by atoms with Gasteiger partial charge in [0.15, 0.2) is 0 Å². The largest absolute Gasteiger partial charge is 0.510 e. The highest BCUT2D eigenvalue weighted by Gasteiger charge is 2.26. The van der Waals surface area contributed by atoms with E-state index in [2.05, 4.69) is 6.58 Å². The highest BCUT2D eigenvalue weighted by atomic mass is 16.4. The Morgan fingerprint density at radius 2 is 1.92 bits per heavy atom. The molecule has 0 aromatic carbocycles. The molecule has 0 aromatic heterocycles. The van der Waals surface area contributed by atoms with Gasteiger partial charge in [0, 0.05) is 5.47 Å². The van der Waals surface area contributed by atoms with E-state index < -0.39 is 19.0 Å². The van der Waals surface area contributed by atoms with Crippen molar-refractivity contribution in [3.63, 3.8) is 0 Å². The average molecular weight is 168 g/mol. The molecule has 0 spiro atoms. The van der Waals surface area contributed by atoms with Crippen LogP contribution in [-0.4, -0.2) is 33.5 Å². The topological polar surface area (TPSA) is 80.9 Å². The van der Waals surface area contributed by atoms with Crippen LogP contribution < -0.4 is 0 Å². The fourth-order valence-electron chi connectivity index (χ4n) is 0.925. The summed E-state index contributed by atoms with van der Waals surface area (Å²) in [7, 11) is -1.77. The van der Waals surface area contributed by atoms with Crippen molar-refractivity contribution in [2.75, 3.05) is 0 Å². The molecule has 0 bridgehead atoms. The van der Waals surface area contributed by atoms with Gasteiger partial charge in [-0.05, 0) is 5.57 Å². The number of hydrogen-bond donors (Lipinski definition) is 4. The number of hydrogen-bond acceptors (Lipinski definition) is 4. The summed E-state index contributed by atoms with van der Waals surface area (Å²) >= 11 is 0. The predicted octanol–water partition coefficient (Wildman–Crippen LogP) is -0.703. The summed E-state index contributed by atoms with van der Waals surface area (Å²) < 4.78 is 0. The molecule has 1 unspecified atom stereocenters. The Labute approximate surface area is 69.9 Å². The maximum atomic E-state index is 9.18. The molecular formula is C7H9BO4. The van der Waals surface area contributed by atoms with Gasteiger partial charge in [-0.15, -0.1) is 0 Å². The molecule has 0 aliphatic heterocycles. The Bertz CT molecular complexity index is 267. The number of rotatable bonds is 1. The monoisotopic (exact) mass is 168 g/mol. The molecule has 0 amide bonds. The van der Waals surface area contributed by atoms with Crippen molar-refractivity contribution in [2.24, 2.45) is 0 Å². The molecule has 5 heteroatoms. The fourth-order valence-corrected chi connectivity index (χ4v) is 0.925.